The molecule has 0 atom stereocenters. The third kappa shape index (κ3) is 2.37. The zero-order valence-electron chi connectivity index (χ0n) is 9.01. The first-order chi connectivity index (χ1) is 7.25. The molecule has 0 bridgehead atoms. The van der Waals surface area contributed by atoms with Crippen molar-refractivity contribution in [2.75, 3.05) is 11.9 Å². The van der Waals surface area contributed by atoms with Gasteiger partial charge in [0.15, 0.2) is 0 Å². The predicted molar refractivity (Wildman–Crippen MR) is 58.6 cm³/mol. The van der Waals surface area contributed by atoms with E-state index < -0.39 is 0 Å². The van der Waals surface area contributed by atoms with Crippen LogP contribution in [0.15, 0.2) is 24.8 Å². The summed E-state index contributed by atoms with van der Waals surface area (Å²) < 4.78 is 3.78. The van der Waals surface area contributed by atoms with Gasteiger partial charge < -0.3 is 9.88 Å². The van der Waals surface area contributed by atoms with Crippen LogP contribution in [0, 0.1) is 0 Å². The Morgan fingerprint density at radius 2 is 2.27 bits per heavy atom. The number of nitrogens with zero attached hydrogens (tertiary/aromatic N) is 4. The number of anilines is 1. The van der Waals surface area contributed by atoms with E-state index in [1.54, 1.807) is 6.20 Å². The molecule has 0 aliphatic rings. The van der Waals surface area contributed by atoms with Crippen LogP contribution in [0.4, 0.5) is 5.95 Å². The monoisotopic (exact) mass is 205 g/mol. The highest BCUT2D eigenvalue weighted by Crippen LogP contribution is 2.02. The summed E-state index contributed by atoms with van der Waals surface area (Å²) in [6.07, 6.45) is 8.58. The summed E-state index contributed by atoms with van der Waals surface area (Å²) >= 11 is 0. The summed E-state index contributed by atoms with van der Waals surface area (Å²) in [7, 11) is 3.90. The number of hydrogen-bond donors (Lipinski definition) is 1. The van der Waals surface area contributed by atoms with Crippen molar-refractivity contribution in [1.82, 2.24) is 19.3 Å². The highest BCUT2D eigenvalue weighted by molar-refractivity contribution is 5.25. The lowest BCUT2D eigenvalue weighted by Gasteiger charge is -2.04. The molecule has 2 aromatic heterocycles. The number of aromatic nitrogens is 4. The number of imidazole rings is 1. The number of hydrogen-bond acceptors (Lipinski definition) is 3. The summed E-state index contributed by atoms with van der Waals surface area (Å²) in [6.45, 7) is 0.872. The second-order valence-corrected chi connectivity index (χ2v) is 3.56. The van der Waals surface area contributed by atoms with Gasteiger partial charge in [-0.1, -0.05) is 0 Å². The van der Waals surface area contributed by atoms with Crippen molar-refractivity contribution in [2.24, 2.45) is 14.1 Å². The van der Waals surface area contributed by atoms with E-state index in [4.69, 9.17) is 0 Å². The molecule has 0 aliphatic heterocycles. The maximum atomic E-state index is 4.18. The molecule has 80 valence electrons. The van der Waals surface area contributed by atoms with Crippen molar-refractivity contribution in [3.8, 4) is 0 Å². The quantitative estimate of drug-likeness (QED) is 0.803. The largest absolute Gasteiger partial charge is 0.355 e. The standard InChI is InChI=1S/C10H15N5/c1-14-6-5-12-10(14)11-4-3-9-7-13-15(2)8-9/h5-8H,3-4H2,1-2H3,(H,11,12). The Kier molecular flexibility index (Phi) is 2.71. The van der Waals surface area contributed by atoms with Crippen LogP contribution >= 0.6 is 0 Å². The molecule has 5 heteroatoms. The van der Waals surface area contributed by atoms with E-state index >= 15 is 0 Å². The topological polar surface area (TPSA) is 47.7 Å². The first kappa shape index (κ1) is 9.76. The molecular formula is C10H15N5. The first-order valence-electron chi connectivity index (χ1n) is 4.94. The highest BCUT2D eigenvalue weighted by Gasteiger charge is 1.99. The molecule has 0 unspecified atom stereocenters. The minimum Gasteiger partial charge on any atom is -0.355 e. The van der Waals surface area contributed by atoms with Gasteiger partial charge in [0.2, 0.25) is 5.95 Å². The zero-order valence-corrected chi connectivity index (χ0v) is 9.01. The molecule has 0 radical (unpaired) electrons. The van der Waals surface area contributed by atoms with Gasteiger partial charge in [0.25, 0.3) is 0 Å². The van der Waals surface area contributed by atoms with Crippen LogP contribution in [0.2, 0.25) is 0 Å². The molecular weight excluding hydrogens is 190 g/mol. The minimum absolute atomic E-state index is 0.872. The van der Waals surface area contributed by atoms with Crippen molar-refractivity contribution in [3.63, 3.8) is 0 Å². The Morgan fingerprint density at radius 1 is 1.40 bits per heavy atom. The molecule has 2 heterocycles. The molecule has 0 saturated heterocycles. The fourth-order valence-electron chi connectivity index (χ4n) is 1.46. The van der Waals surface area contributed by atoms with E-state index in [1.165, 1.54) is 5.56 Å². The predicted octanol–water partition coefficient (Wildman–Crippen LogP) is 0.808. The maximum absolute atomic E-state index is 4.18. The van der Waals surface area contributed by atoms with E-state index in [1.807, 2.05) is 41.9 Å². The summed E-state index contributed by atoms with van der Waals surface area (Å²) in [5.74, 6) is 0.902. The molecule has 0 saturated carbocycles. The van der Waals surface area contributed by atoms with Crippen molar-refractivity contribution in [1.29, 1.82) is 0 Å². The molecule has 2 rings (SSSR count). The van der Waals surface area contributed by atoms with Gasteiger partial charge in [-0.3, -0.25) is 4.68 Å². The minimum atomic E-state index is 0.872. The molecule has 0 amide bonds. The van der Waals surface area contributed by atoms with Gasteiger partial charge in [0.05, 0.1) is 6.20 Å². The van der Waals surface area contributed by atoms with E-state index in [0.29, 0.717) is 0 Å². The van der Waals surface area contributed by atoms with E-state index in [-0.39, 0.29) is 0 Å². The second-order valence-electron chi connectivity index (χ2n) is 3.56. The SMILES string of the molecule is Cn1cc(CCNc2nccn2C)cn1. The van der Waals surface area contributed by atoms with Gasteiger partial charge in [-0.05, 0) is 12.0 Å². The number of rotatable bonds is 4. The van der Waals surface area contributed by atoms with E-state index in [9.17, 15) is 0 Å². The Bertz CT molecular complexity index is 428. The molecule has 0 aliphatic carbocycles. The summed E-state index contributed by atoms with van der Waals surface area (Å²) in [5.41, 5.74) is 1.24. The van der Waals surface area contributed by atoms with Gasteiger partial charge in [-0.15, -0.1) is 0 Å². The van der Waals surface area contributed by atoms with Gasteiger partial charge in [-0.25, -0.2) is 4.98 Å². The zero-order chi connectivity index (χ0) is 10.7. The van der Waals surface area contributed by atoms with Crippen LogP contribution in [0.25, 0.3) is 0 Å². The average Bonchev–Trinajstić information content (AvgIpc) is 2.77. The Morgan fingerprint density at radius 3 is 2.87 bits per heavy atom. The van der Waals surface area contributed by atoms with Crippen LogP contribution in [0.1, 0.15) is 5.56 Å². The first-order valence-corrected chi connectivity index (χ1v) is 4.94. The molecule has 1 N–H and O–H groups in total. The molecule has 0 aromatic carbocycles. The van der Waals surface area contributed by atoms with Gasteiger partial charge >= 0.3 is 0 Å². The van der Waals surface area contributed by atoms with Crippen molar-refractivity contribution in [2.45, 2.75) is 6.42 Å². The van der Waals surface area contributed by atoms with E-state index in [2.05, 4.69) is 15.4 Å². The lowest BCUT2D eigenvalue weighted by Crippen LogP contribution is -2.08. The van der Waals surface area contributed by atoms with E-state index in [0.717, 1.165) is 18.9 Å². The van der Waals surface area contributed by atoms with Crippen molar-refractivity contribution < 1.29 is 0 Å². The Labute approximate surface area is 88.7 Å². The van der Waals surface area contributed by atoms with Gasteiger partial charge in [0.1, 0.15) is 0 Å². The van der Waals surface area contributed by atoms with Crippen LogP contribution in [-0.4, -0.2) is 25.9 Å². The smallest absolute Gasteiger partial charge is 0.202 e. The highest BCUT2D eigenvalue weighted by atomic mass is 15.2. The fourth-order valence-corrected chi connectivity index (χ4v) is 1.46. The van der Waals surface area contributed by atoms with Crippen molar-refractivity contribution >= 4 is 5.95 Å². The number of aryl methyl sites for hydroxylation is 2. The molecule has 15 heavy (non-hydrogen) atoms. The number of nitrogens with one attached hydrogen (secondary N) is 1. The van der Waals surface area contributed by atoms with Crippen LogP contribution < -0.4 is 5.32 Å². The summed E-state index contributed by atoms with van der Waals surface area (Å²) in [5, 5.41) is 7.38. The Hall–Kier alpha value is -1.78. The second kappa shape index (κ2) is 4.16. The van der Waals surface area contributed by atoms with Crippen LogP contribution in [0.3, 0.4) is 0 Å². The molecule has 0 spiro atoms. The average molecular weight is 205 g/mol. The normalized spacial score (nSPS) is 10.5. The van der Waals surface area contributed by atoms with Crippen LogP contribution in [-0.2, 0) is 20.5 Å². The van der Waals surface area contributed by atoms with Crippen LogP contribution in [0.5, 0.6) is 0 Å². The third-order valence-electron chi connectivity index (χ3n) is 2.28. The van der Waals surface area contributed by atoms with Gasteiger partial charge in [-0.2, -0.15) is 5.10 Å². The molecule has 0 fully saturated rings. The Balaban J connectivity index is 1.83. The summed E-state index contributed by atoms with van der Waals surface area (Å²) in [6, 6.07) is 0. The fraction of sp³-hybridized carbons (Fsp3) is 0.400. The van der Waals surface area contributed by atoms with Crippen molar-refractivity contribution in [3.05, 3.63) is 30.4 Å². The third-order valence-corrected chi connectivity index (χ3v) is 2.28. The lowest BCUT2D eigenvalue weighted by atomic mass is 10.2. The molecule has 5 nitrogen and oxygen atoms in total. The maximum Gasteiger partial charge on any atom is 0.202 e. The molecule has 2 aromatic rings. The lowest BCUT2D eigenvalue weighted by molar-refractivity contribution is 0.766. The summed E-state index contributed by atoms with van der Waals surface area (Å²) in [4.78, 5) is 4.18. The van der Waals surface area contributed by atoms with Gasteiger partial charge in [0, 0.05) is 39.2 Å².